The van der Waals surface area contributed by atoms with Crippen LogP contribution in [0.2, 0.25) is 0 Å². The monoisotopic (exact) mass is 275 g/mol. The Balaban J connectivity index is 1.92. The Morgan fingerprint density at radius 1 is 1.55 bits per heavy atom. The summed E-state index contributed by atoms with van der Waals surface area (Å²) in [6, 6.07) is -0.193. The van der Waals surface area contributed by atoms with Gasteiger partial charge in [-0.1, -0.05) is 0 Å². The number of hydrogen-bond acceptors (Lipinski definition) is 6. The average Bonchev–Trinajstić information content (AvgIpc) is 2.88. The molecule has 7 nitrogen and oxygen atoms in total. The molecule has 106 valence electrons. The summed E-state index contributed by atoms with van der Waals surface area (Å²) in [5, 5.41) is 1.62. The number of nitrogens with two attached hydrogens (primary N) is 2. The zero-order valence-corrected chi connectivity index (χ0v) is 11.2. The molecule has 3 rings (SSSR count). The predicted octanol–water partition coefficient (Wildman–Crippen LogP) is 0.484. The fraction of sp³-hybridized carbons (Fsp3) is 0.385. The van der Waals surface area contributed by atoms with Gasteiger partial charge in [0.05, 0.1) is 30.8 Å². The van der Waals surface area contributed by atoms with Crippen molar-refractivity contribution in [2.75, 3.05) is 19.4 Å². The fourth-order valence-corrected chi connectivity index (χ4v) is 2.29. The van der Waals surface area contributed by atoms with E-state index >= 15 is 0 Å². The molecule has 1 aromatic rings. The van der Waals surface area contributed by atoms with Gasteiger partial charge in [0, 0.05) is 19.0 Å². The third-order valence-electron chi connectivity index (χ3n) is 3.45. The van der Waals surface area contributed by atoms with Gasteiger partial charge < -0.3 is 21.0 Å². The smallest absolute Gasteiger partial charge is 0.125 e. The van der Waals surface area contributed by atoms with E-state index in [1.54, 1.807) is 24.6 Å². The molecule has 3 heterocycles. The number of pyridine rings is 1. The summed E-state index contributed by atoms with van der Waals surface area (Å²) in [5.74, 6) is 0.409. The van der Waals surface area contributed by atoms with Gasteiger partial charge in [0.1, 0.15) is 23.8 Å². The summed E-state index contributed by atoms with van der Waals surface area (Å²) < 4.78 is 5.41. The summed E-state index contributed by atoms with van der Waals surface area (Å²) >= 11 is 0. The van der Waals surface area contributed by atoms with Crippen molar-refractivity contribution >= 4 is 17.2 Å². The van der Waals surface area contributed by atoms with Crippen molar-refractivity contribution in [3.05, 3.63) is 29.8 Å². The molecule has 0 aliphatic carbocycles. The Morgan fingerprint density at radius 3 is 3.15 bits per heavy atom. The highest BCUT2D eigenvalue weighted by Gasteiger charge is 2.22. The van der Waals surface area contributed by atoms with Crippen molar-refractivity contribution in [1.29, 1.82) is 0 Å². The van der Waals surface area contributed by atoms with Crippen molar-refractivity contribution < 1.29 is 9.57 Å². The number of nitrogen functional groups attached to an aromatic ring is 1. The van der Waals surface area contributed by atoms with E-state index < -0.39 is 0 Å². The third kappa shape index (κ3) is 2.21. The first-order valence-electron chi connectivity index (χ1n) is 6.41. The van der Waals surface area contributed by atoms with E-state index in [4.69, 9.17) is 21.0 Å². The molecular formula is C13H17N5O2. The first kappa shape index (κ1) is 12.9. The zero-order valence-electron chi connectivity index (χ0n) is 11.2. The molecule has 2 aliphatic rings. The number of aromatic nitrogens is 1. The summed E-state index contributed by atoms with van der Waals surface area (Å²) in [7, 11) is 1.79. The molecule has 0 saturated carbocycles. The Hall–Kier alpha value is -2.12. The highest BCUT2D eigenvalue weighted by Crippen LogP contribution is 2.30. The molecular weight excluding hydrogens is 258 g/mol. The van der Waals surface area contributed by atoms with E-state index in [1.807, 2.05) is 6.08 Å². The molecule has 4 N–H and O–H groups in total. The van der Waals surface area contributed by atoms with E-state index in [0.717, 1.165) is 17.7 Å². The second-order valence-electron chi connectivity index (χ2n) is 4.75. The molecule has 0 spiro atoms. The lowest BCUT2D eigenvalue weighted by Crippen LogP contribution is -2.37. The van der Waals surface area contributed by atoms with Crippen molar-refractivity contribution in [3.8, 4) is 0 Å². The van der Waals surface area contributed by atoms with E-state index in [9.17, 15) is 0 Å². The number of hydroxylamine groups is 2. The number of likely N-dealkylation sites (N-methyl/N-ethyl adjacent to an activating group) is 1. The Kier molecular flexibility index (Phi) is 3.29. The van der Waals surface area contributed by atoms with Crippen LogP contribution in [0.25, 0.3) is 0 Å². The molecule has 20 heavy (non-hydrogen) atoms. The summed E-state index contributed by atoms with van der Waals surface area (Å²) in [5.41, 5.74) is 15.2. The minimum Gasteiger partial charge on any atom is -0.413 e. The number of aliphatic imine (C=N–C) groups is 1. The molecule has 1 aromatic heterocycles. The van der Waals surface area contributed by atoms with Gasteiger partial charge >= 0.3 is 0 Å². The van der Waals surface area contributed by atoms with Gasteiger partial charge in [-0.25, -0.2) is 4.99 Å². The topological polar surface area (TPSA) is 99.0 Å². The standard InChI is InChI=1S/C13H17N5O2/c1-18-11(3-5-20-18)13(15)17-10-6-16-9-2-4-19-7-8(9)12(10)14/h3,5-6,11H,2,4,7H2,1H3,(H2,14,16)(H2,15,17). The molecule has 0 radical (unpaired) electrons. The van der Waals surface area contributed by atoms with E-state index in [0.29, 0.717) is 30.4 Å². The van der Waals surface area contributed by atoms with Crippen LogP contribution >= 0.6 is 0 Å². The van der Waals surface area contributed by atoms with Crippen LogP contribution in [0.15, 0.2) is 23.5 Å². The summed E-state index contributed by atoms with van der Waals surface area (Å²) in [4.78, 5) is 13.9. The molecule has 0 aromatic carbocycles. The van der Waals surface area contributed by atoms with E-state index in [2.05, 4.69) is 9.98 Å². The Morgan fingerprint density at radius 2 is 2.40 bits per heavy atom. The SMILES string of the molecule is CN1OC=CC1C(N)=Nc1cnc2c(c1N)COCC2. The number of anilines is 1. The molecule has 2 aliphatic heterocycles. The molecule has 0 amide bonds. The quantitative estimate of drug-likeness (QED) is 0.602. The van der Waals surface area contributed by atoms with Crippen LogP contribution in [0.4, 0.5) is 11.4 Å². The summed E-state index contributed by atoms with van der Waals surface area (Å²) in [6.45, 7) is 1.16. The fourth-order valence-electron chi connectivity index (χ4n) is 2.29. The van der Waals surface area contributed by atoms with Gasteiger partial charge in [0.25, 0.3) is 0 Å². The number of fused-ring (bicyclic) bond motifs is 1. The maximum atomic E-state index is 6.14. The van der Waals surface area contributed by atoms with E-state index in [-0.39, 0.29) is 6.04 Å². The average molecular weight is 275 g/mol. The maximum absolute atomic E-state index is 6.14. The number of rotatable bonds is 2. The van der Waals surface area contributed by atoms with Gasteiger partial charge in [-0.3, -0.25) is 4.98 Å². The van der Waals surface area contributed by atoms with Gasteiger partial charge in [-0.15, -0.1) is 5.06 Å². The molecule has 0 fully saturated rings. The van der Waals surface area contributed by atoms with Gasteiger partial charge in [-0.05, 0) is 6.08 Å². The maximum Gasteiger partial charge on any atom is 0.125 e. The second-order valence-corrected chi connectivity index (χ2v) is 4.75. The van der Waals surface area contributed by atoms with Crippen LogP contribution in [0.5, 0.6) is 0 Å². The highest BCUT2D eigenvalue weighted by molar-refractivity contribution is 5.91. The van der Waals surface area contributed by atoms with Crippen LogP contribution in [0.1, 0.15) is 11.3 Å². The van der Waals surface area contributed by atoms with Crippen LogP contribution in [-0.4, -0.2) is 35.6 Å². The summed E-state index contributed by atoms with van der Waals surface area (Å²) in [6.07, 6.45) is 5.84. The number of nitrogens with zero attached hydrogens (tertiary/aromatic N) is 3. The van der Waals surface area contributed by atoms with Crippen LogP contribution in [0, 0.1) is 0 Å². The van der Waals surface area contributed by atoms with Crippen LogP contribution < -0.4 is 11.5 Å². The molecule has 0 bridgehead atoms. The number of ether oxygens (including phenoxy) is 1. The minimum absolute atomic E-state index is 0.193. The van der Waals surface area contributed by atoms with Crippen LogP contribution in [-0.2, 0) is 22.6 Å². The minimum atomic E-state index is -0.193. The van der Waals surface area contributed by atoms with Gasteiger partial charge in [0.2, 0.25) is 0 Å². The van der Waals surface area contributed by atoms with E-state index in [1.165, 1.54) is 0 Å². The third-order valence-corrected chi connectivity index (χ3v) is 3.45. The Bertz CT molecular complexity index is 584. The molecule has 7 heteroatoms. The van der Waals surface area contributed by atoms with Crippen molar-refractivity contribution in [1.82, 2.24) is 10.0 Å². The van der Waals surface area contributed by atoms with Crippen LogP contribution in [0.3, 0.4) is 0 Å². The largest absolute Gasteiger partial charge is 0.413 e. The lowest BCUT2D eigenvalue weighted by atomic mass is 10.1. The van der Waals surface area contributed by atoms with Gasteiger partial charge in [-0.2, -0.15) is 0 Å². The Labute approximate surface area is 116 Å². The normalized spacial score (nSPS) is 22.6. The number of hydrogen-bond donors (Lipinski definition) is 2. The zero-order chi connectivity index (χ0) is 14.1. The predicted molar refractivity (Wildman–Crippen MR) is 75.1 cm³/mol. The van der Waals surface area contributed by atoms with Crippen molar-refractivity contribution in [2.45, 2.75) is 19.1 Å². The number of amidine groups is 1. The molecule has 1 atom stereocenters. The molecule has 0 saturated heterocycles. The molecule has 1 unspecified atom stereocenters. The highest BCUT2D eigenvalue weighted by atomic mass is 16.7. The van der Waals surface area contributed by atoms with Crippen molar-refractivity contribution in [2.24, 2.45) is 10.7 Å². The van der Waals surface area contributed by atoms with Gasteiger partial charge in [0.15, 0.2) is 0 Å². The first-order valence-corrected chi connectivity index (χ1v) is 6.41. The lowest BCUT2D eigenvalue weighted by molar-refractivity contribution is -0.0633. The first-order chi connectivity index (χ1) is 9.66. The lowest BCUT2D eigenvalue weighted by Gasteiger charge is -2.19. The van der Waals surface area contributed by atoms with Crippen molar-refractivity contribution in [3.63, 3.8) is 0 Å². The second kappa shape index (κ2) is 5.10.